The molecule has 1 fully saturated rings. The molecular weight excluding hydrogens is 274 g/mol. The Balaban J connectivity index is 1.73. The van der Waals surface area contributed by atoms with Gasteiger partial charge in [-0.1, -0.05) is 43.2 Å². The molecular formula is C19H23NO2. The van der Waals surface area contributed by atoms with Crippen molar-refractivity contribution in [3.05, 3.63) is 48.0 Å². The average molecular weight is 297 g/mol. The number of amides is 1. The van der Waals surface area contributed by atoms with E-state index in [1.807, 2.05) is 49.5 Å². The van der Waals surface area contributed by atoms with Gasteiger partial charge in [0.15, 0.2) is 0 Å². The minimum Gasteiger partial charge on any atom is -0.393 e. The monoisotopic (exact) mass is 297 g/mol. The highest BCUT2D eigenvalue weighted by atomic mass is 16.3. The molecule has 0 heterocycles. The van der Waals surface area contributed by atoms with Crippen molar-refractivity contribution in [2.75, 3.05) is 13.6 Å². The Kier molecular flexibility index (Phi) is 4.44. The largest absolute Gasteiger partial charge is 0.393 e. The van der Waals surface area contributed by atoms with E-state index < -0.39 is 0 Å². The first-order valence-electron chi connectivity index (χ1n) is 8.07. The van der Waals surface area contributed by atoms with Gasteiger partial charge >= 0.3 is 0 Å². The summed E-state index contributed by atoms with van der Waals surface area (Å²) in [5, 5.41) is 12.3. The summed E-state index contributed by atoms with van der Waals surface area (Å²) in [6.07, 6.45) is 3.86. The number of hydrogen-bond acceptors (Lipinski definition) is 2. The molecule has 0 radical (unpaired) electrons. The lowest BCUT2D eigenvalue weighted by molar-refractivity contribution is 0.0451. The molecule has 2 aromatic rings. The van der Waals surface area contributed by atoms with Crippen LogP contribution in [0.2, 0.25) is 0 Å². The van der Waals surface area contributed by atoms with Crippen molar-refractivity contribution in [1.82, 2.24) is 4.90 Å². The summed E-state index contributed by atoms with van der Waals surface area (Å²) in [6.45, 7) is 0.632. The van der Waals surface area contributed by atoms with E-state index in [-0.39, 0.29) is 17.9 Å². The third-order valence-electron chi connectivity index (χ3n) is 4.72. The van der Waals surface area contributed by atoms with Crippen molar-refractivity contribution < 1.29 is 9.90 Å². The Morgan fingerprint density at radius 3 is 2.64 bits per heavy atom. The Morgan fingerprint density at radius 2 is 1.86 bits per heavy atom. The maximum atomic E-state index is 12.6. The van der Waals surface area contributed by atoms with Crippen LogP contribution in [0.5, 0.6) is 0 Å². The summed E-state index contributed by atoms with van der Waals surface area (Å²) in [6, 6.07) is 13.9. The van der Waals surface area contributed by atoms with Crippen molar-refractivity contribution >= 4 is 16.7 Å². The van der Waals surface area contributed by atoms with Gasteiger partial charge in [-0.25, -0.2) is 0 Å². The highest BCUT2D eigenvalue weighted by molar-refractivity contribution is 5.98. The van der Waals surface area contributed by atoms with Crippen LogP contribution in [-0.4, -0.2) is 35.6 Å². The van der Waals surface area contributed by atoms with Gasteiger partial charge < -0.3 is 10.0 Å². The zero-order valence-corrected chi connectivity index (χ0v) is 13.0. The van der Waals surface area contributed by atoms with Crippen LogP contribution in [-0.2, 0) is 0 Å². The number of fused-ring (bicyclic) bond motifs is 1. The highest BCUT2D eigenvalue weighted by Crippen LogP contribution is 2.25. The zero-order chi connectivity index (χ0) is 15.5. The van der Waals surface area contributed by atoms with Crippen LogP contribution < -0.4 is 0 Å². The fraction of sp³-hybridized carbons (Fsp3) is 0.421. The van der Waals surface area contributed by atoms with Gasteiger partial charge in [0.05, 0.1) is 6.10 Å². The van der Waals surface area contributed by atoms with Gasteiger partial charge in [0.1, 0.15) is 0 Å². The first-order chi connectivity index (χ1) is 10.6. The molecule has 2 unspecified atom stereocenters. The summed E-state index contributed by atoms with van der Waals surface area (Å²) in [4.78, 5) is 14.4. The second-order valence-corrected chi connectivity index (χ2v) is 6.36. The topological polar surface area (TPSA) is 40.5 Å². The van der Waals surface area contributed by atoms with Crippen LogP contribution in [0, 0.1) is 5.92 Å². The molecule has 1 aliphatic rings. The van der Waals surface area contributed by atoms with Crippen LogP contribution in [0.3, 0.4) is 0 Å². The minimum atomic E-state index is -0.263. The van der Waals surface area contributed by atoms with Gasteiger partial charge in [0.2, 0.25) is 0 Å². The number of aliphatic hydroxyl groups excluding tert-OH is 1. The molecule has 3 rings (SSSR count). The first kappa shape index (κ1) is 15.0. The third kappa shape index (κ3) is 3.14. The molecule has 1 saturated carbocycles. The quantitative estimate of drug-likeness (QED) is 0.942. The van der Waals surface area contributed by atoms with Crippen molar-refractivity contribution in [1.29, 1.82) is 0 Å². The number of rotatable bonds is 3. The molecule has 1 aliphatic carbocycles. The first-order valence-corrected chi connectivity index (χ1v) is 8.07. The lowest BCUT2D eigenvalue weighted by Gasteiger charge is -2.31. The van der Waals surface area contributed by atoms with E-state index in [1.54, 1.807) is 4.90 Å². The maximum Gasteiger partial charge on any atom is 0.253 e. The fourth-order valence-electron chi connectivity index (χ4n) is 3.38. The van der Waals surface area contributed by atoms with Gasteiger partial charge in [-0.3, -0.25) is 4.79 Å². The van der Waals surface area contributed by atoms with Crippen LogP contribution in [0.15, 0.2) is 42.5 Å². The number of carbonyl (C=O) groups is 1. The number of aliphatic hydroxyl groups is 1. The van der Waals surface area contributed by atoms with Gasteiger partial charge in [-0.15, -0.1) is 0 Å². The molecule has 0 bridgehead atoms. The second kappa shape index (κ2) is 6.49. The molecule has 3 nitrogen and oxygen atoms in total. The zero-order valence-electron chi connectivity index (χ0n) is 13.0. The summed E-state index contributed by atoms with van der Waals surface area (Å²) < 4.78 is 0. The lowest BCUT2D eigenvalue weighted by atomic mass is 9.86. The number of benzene rings is 2. The number of nitrogens with zero attached hydrogens (tertiary/aromatic N) is 1. The Hall–Kier alpha value is -1.87. The van der Waals surface area contributed by atoms with Gasteiger partial charge in [-0.05, 0) is 35.7 Å². The molecule has 0 aliphatic heterocycles. The molecule has 1 amide bonds. The molecule has 2 aromatic carbocycles. The predicted octanol–water partition coefficient (Wildman–Crippen LogP) is 3.46. The number of carbonyl (C=O) groups excluding carboxylic acids is 1. The van der Waals surface area contributed by atoms with Gasteiger partial charge in [-0.2, -0.15) is 0 Å². The summed E-state index contributed by atoms with van der Waals surface area (Å²) >= 11 is 0. The van der Waals surface area contributed by atoms with Crippen molar-refractivity contribution in [3.63, 3.8) is 0 Å². The van der Waals surface area contributed by atoms with E-state index in [1.165, 1.54) is 0 Å². The third-order valence-corrected chi connectivity index (χ3v) is 4.72. The predicted molar refractivity (Wildman–Crippen MR) is 88.9 cm³/mol. The summed E-state index contributed by atoms with van der Waals surface area (Å²) in [5.74, 6) is 0.242. The van der Waals surface area contributed by atoms with Crippen LogP contribution in [0.25, 0.3) is 10.8 Å². The molecule has 0 saturated heterocycles. The highest BCUT2D eigenvalue weighted by Gasteiger charge is 2.25. The Labute approximate surface area is 131 Å². The van der Waals surface area contributed by atoms with E-state index >= 15 is 0 Å². The average Bonchev–Trinajstić information content (AvgIpc) is 2.55. The van der Waals surface area contributed by atoms with Crippen LogP contribution in [0.4, 0.5) is 0 Å². The van der Waals surface area contributed by atoms with Crippen LogP contribution >= 0.6 is 0 Å². The molecule has 0 aromatic heterocycles. The van der Waals surface area contributed by atoms with Gasteiger partial charge in [0.25, 0.3) is 5.91 Å². The second-order valence-electron chi connectivity index (χ2n) is 6.36. The maximum absolute atomic E-state index is 12.6. The van der Waals surface area contributed by atoms with E-state index in [0.717, 1.165) is 36.5 Å². The van der Waals surface area contributed by atoms with E-state index in [0.29, 0.717) is 12.1 Å². The fourth-order valence-corrected chi connectivity index (χ4v) is 3.38. The van der Waals surface area contributed by atoms with Crippen molar-refractivity contribution in [3.8, 4) is 0 Å². The number of hydrogen-bond donors (Lipinski definition) is 1. The Morgan fingerprint density at radius 1 is 1.14 bits per heavy atom. The van der Waals surface area contributed by atoms with E-state index in [2.05, 4.69) is 0 Å². The molecule has 1 N–H and O–H groups in total. The van der Waals surface area contributed by atoms with Gasteiger partial charge in [0, 0.05) is 25.1 Å². The molecule has 2 atom stereocenters. The minimum absolute atomic E-state index is 0.0310. The molecule has 3 heteroatoms. The van der Waals surface area contributed by atoms with E-state index in [9.17, 15) is 9.90 Å². The molecule has 0 spiro atoms. The summed E-state index contributed by atoms with van der Waals surface area (Å²) in [7, 11) is 1.83. The molecule has 116 valence electrons. The normalized spacial score (nSPS) is 21.7. The lowest BCUT2D eigenvalue weighted by Crippen LogP contribution is -2.38. The van der Waals surface area contributed by atoms with Crippen molar-refractivity contribution in [2.24, 2.45) is 5.92 Å². The molecule has 22 heavy (non-hydrogen) atoms. The standard InChI is InChI=1S/C19H23NO2/c1-20(13-17-8-4-5-9-18(17)21)19(22)16-11-10-14-6-2-3-7-15(14)12-16/h2-3,6-7,10-12,17-18,21H,4-5,8-9,13H2,1H3. The van der Waals surface area contributed by atoms with E-state index in [4.69, 9.17) is 0 Å². The smallest absolute Gasteiger partial charge is 0.253 e. The van der Waals surface area contributed by atoms with Crippen molar-refractivity contribution in [2.45, 2.75) is 31.8 Å². The Bertz CT molecular complexity index is 667. The summed E-state index contributed by atoms with van der Waals surface area (Å²) in [5.41, 5.74) is 0.714. The SMILES string of the molecule is CN(CC1CCCCC1O)C(=O)c1ccc2ccccc2c1. The van der Waals surface area contributed by atoms with Crippen LogP contribution in [0.1, 0.15) is 36.0 Å².